The van der Waals surface area contributed by atoms with E-state index in [1.807, 2.05) is 35.1 Å². The van der Waals surface area contributed by atoms with Crippen molar-refractivity contribution in [3.8, 4) is 5.75 Å². The van der Waals surface area contributed by atoms with Gasteiger partial charge in [-0.2, -0.15) is 5.10 Å². The van der Waals surface area contributed by atoms with E-state index in [1.54, 1.807) is 7.11 Å². The number of rotatable bonds is 6. The Morgan fingerprint density at radius 3 is 2.90 bits per heavy atom. The molecule has 1 aromatic carbocycles. The SMILES string of the molecule is CCC(C)n1ccc(CNc2ccc(Cl)c(OC)c2)n1. The topological polar surface area (TPSA) is 39.1 Å². The van der Waals surface area contributed by atoms with Crippen LogP contribution in [-0.4, -0.2) is 16.9 Å². The van der Waals surface area contributed by atoms with E-state index in [4.69, 9.17) is 16.3 Å². The Labute approximate surface area is 124 Å². The van der Waals surface area contributed by atoms with Gasteiger partial charge >= 0.3 is 0 Å². The van der Waals surface area contributed by atoms with Gasteiger partial charge in [0, 0.05) is 24.0 Å². The van der Waals surface area contributed by atoms with Crippen molar-refractivity contribution in [2.24, 2.45) is 0 Å². The summed E-state index contributed by atoms with van der Waals surface area (Å²) >= 11 is 6.00. The van der Waals surface area contributed by atoms with E-state index in [0.717, 1.165) is 17.8 Å². The van der Waals surface area contributed by atoms with Crippen molar-refractivity contribution in [1.82, 2.24) is 9.78 Å². The predicted octanol–water partition coefficient (Wildman–Crippen LogP) is 4.13. The molecule has 1 atom stereocenters. The second-order valence-electron chi connectivity index (χ2n) is 4.75. The van der Waals surface area contributed by atoms with Gasteiger partial charge in [0.15, 0.2) is 0 Å². The number of nitrogens with zero attached hydrogens (tertiary/aromatic N) is 2. The van der Waals surface area contributed by atoms with Crippen LogP contribution in [0.25, 0.3) is 0 Å². The van der Waals surface area contributed by atoms with Crippen LogP contribution in [0.2, 0.25) is 5.02 Å². The Hall–Kier alpha value is -1.68. The summed E-state index contributed by atoms with van der Waals surface area (Å²) in [7, 11) is 1.61. The maximum atomic E-state index is 6.00. The van der Waals surface area contributed by atoms with Gasteiger partial charge in [0.05, 0.1) is 24.4 Å². The van der Waals surface area contributed by atoms with E-state index in [-0.39, 0.29) is 0 Å². The summed E-state index contributed by atoms with van der Waals surface area (Å²) in [4.78, 5) is 0. The molecule has 4 nitrogen and oxygen atoms in total. The number of ether oxygens (including phenoxy) is 1. The summed E-state index contributed by atoms with van der Waals surface area (Å²) in [5, 5.41) is 8.48. The highest BCUT2D eigenvalue weighted by Gasteiger charge is 2.05. The maximum Gasteiger partial charge on any atom is 0.139 e. The third kappa shape index (κ3) is 3.45. The van der Waals surface area contributed by atoms with Crippen LogP contribution in [0.1, 0.15) is 32.0 Å². The van der Waals surface area contributed by atoms with Gasteiger partial charge in [0.2, 0.25) is 0 Å². The van der Waals surface area contributed by atoms with E-state index in [9.17, 15) is 0 Å². The van der Waals surface area contributed by atoms with Crippen LogP contribution >= 0.6 is 11.6 Å². The Balaban J connectivity index is 2.00. The molecule has 0 bridgehead atoms. The van der Waals surface area contributed by atoms with Gasteiger partial charge in [-0.3, -0.25) is 4.68 Å². The zero-order valence-electron chi connectivity index (χ0n) is 12.1. The summed E-state index contributed by atoms with van der Waals surface area (Å²) in [6.45, 7) is 4.99. The molecule has 1 unspecified atom stereocenters. The zero-order chi connectivity index (χ0) is 14.5. The Bertz CT molecular complexity index is 568. The first kappa shape index (κ1) is 14.7. The van der Waals surface area contributed by atoms with E-state index >= 15 is 0 Å². The van der Waals surface area contributed by atoms with Gasteiger partial charge in [0.1, 0.15) is 5.75 Å². The number of nitrogens with one attached hydrogen (secondary N) is 1. The highest BCUT2D eigenvalue weighted by atomic mass is 35.5. The zero-order valence-corrected chi connectivity index (χ0v) is 12.8. The van der Waals surface area contributed by atoms with Gasteiger partial charge in [-0.05, 0) is 31.5 Å². The van der Waals surface area contributed by atoms with Crippen LogP contribution in [0.5, 0.6) is 5.75 Å². The number of benzene rings is 1. The number of methoxy groups -OCH3 is 1. The first-order chi connectivity index (χ1) is 9.63. The average molecular weight is 294 g/mol. The standard InChI is InChI=1S/C15H20ClN3O/c1-4-11(2)19-8-7-13(18-19)10-17-12-5-6-14(16)15(9-12)20-3/h5-9,11,17H,4,10H2,1-3H3. The fourth-order valence-corrected chi connectivity index (χ4v) is 2.06. The smallest absolute Gasteiger partial charge is 0.139 e. The summed E-state index contributed by atoms with van der Waals surface area (Å²) < 4.78 is 7.20. The predicted molar refractivity (Wildman–Crippen MR) is 82.6 cm³/mol. The van der Waals surface area contributed by atoms with Gasteiger partial charge in [-0.25, -0.2) is 0 Å². The summed E-state index contributed by atoms with van der Waals surface area (Å²) in [5.74, 6) is 0.668. The number of aromatic nitrogens is 2. The van der Waals surface area contributed by atoms with E-state index < -0.39 is 0 Å². The molecule has 5 heteroatoms. The molecule has 0 saturated heterocycles. The maximum absolute atomic E-state index is 6.00. The van der Waals surface area contributed by atoms with Gasteiger partial charge in [-0.15, -0.1) is 0 Å². The molecule has 2 rings (SSSR count). The normalized spacial score (nSPS) is 12.2. The Kier molecular flexibility index (Phi) is 4.90. The second kappa shape index (κ2) is 6.66. The van der Waals surface area contributed by atoms with Crippen LogP contribution in [0.15, 0.2) is 30.5 Å². The summed E-state index contributed by atoms with van der Waals surface area (Å²) in [6.07, 6.45) is 3.09. The third-order valence-electron chi connectivity index (χ3n) is 3.33. The number of anilines is 1. The van der Waals surface area contributed by atoms with Gasteiger partial charge in [0.25, 0.3) is 0 Å². The van der Waals surface area contributed by atoms with Crippen molar-refractivity contribution in [3.05, 3.63) is 41.2 Å². The fraction of sp³-hybridized carbons (Fsp3) is 0.400. The van der Waals surface area contributed by atoms with Crippen LogP contribution in [-0.2, 0) is 6.54 Å². The Morgan fingerprint density at radius 2 is 2.20 bits per heavy atom. The lowest BCUT2D eigenvalue weighted by Crippen LogP contribution is -2.06. The van der Waals surface area contributed by atoms with Gasteiger partial charge < -0.3 is 10.1 Å². The number of halogens is 1. The van der Waals surface area contributed by atoms with Crippen LogP contribution in [0.4, 0.5) is 5.69 Å². The molecule has 0 saturated carbocycles. The highest BCUT2D eigenvalue weighted by Crippen LogP contribution is 2.27. The molecule has 1 heterocycles. The van der Waals surface area contributed by atoms with E-state index in [2.05, 4.69) is 24.3 Å². The molecule has 0 amide bonds. The molecule has 2 aromatic rings. The van der Waals surface area contributed by atoms with Gasteiger partial charge in [-0.1, -0.05) is 18.5 Å². The average Bonchev–Trinajstić information content (AvgIpc) is 2.94. The molecule has 0 fully saturated rings. The Morgan fingerprint density at radius 1 is 1.40 bits per heavy atom. The fourth-order valence-electron chi connectivity index (χ4n) is 1.87. The molecule has 0 aliphatic rings. The van der Waals surface area contributed by atoms with Crippen LogP contribution < -0.4 is 10.1 Å². The molecule has 0 aliphatic heterocycles. The lowest BCUT2D eigenvalue weighted by Gasteiger charge is -2.09. The first-order valence-corrected chi connectivity index (χ1v) is 7.13. The van der Waals surface area contributed by atoms with Crippen molar-refractivity contribution in [3.63, 3.8) is 0 Å². The number of hydrogen-bond donors (Lipinski definition) is 1. The van der Waals surface area contributed by atoms with Crippen LogP contribution in [0, 0.1) is 0 Å². The largest absolute Gasteiger partial charge is 0.495 e. The lowest BCUT2D eigenvalue weighted by atomic mass is 10.3. The molecule has 0 radical (unpaired) electrons. The molecule has 1 N–H and O–H groups in total. The summed E-state index contributed by atoms with van der Waals surface area (Å²) in [5.41, 5.74) is 1.98. The van der Waals surface area contributed by atoms with E-state index in [0.29, 0.717) is 23.4 Å². The monoisotopic (exact) mass is 293 g/mol. The van der Waals surface area contributed by atoms with Crippen molar-refractivity contribution in [2.45, 2.75) is 32.9 Å². The minimum absolute atomic E-state index is 0.430. The quantitative estimate of drug-likeness (QED) is 0.870. The summed E-state index contributed by atoms with van der Waals surface area (Å²) in [6, 6.07) is 8.09. The van der Waals surface area contributed by atoms with E-state index in [1.165, 1.54) is 0 Å². The van der Waals surface area contributed by atoms with Crippen molar-refractivity contribution < 1.29 is 4.74 Å². The first-order valence-electron chi connectivity index (χ1n) is 6.75. The molecular weight excluding hydrogens is 274 g/mol. The van der Waals surface area contributed by atoms with Crippen LogP contribution in [0.3, 0.4) is 0 Å². The molecule has 0 spiro atoms. The number of hydrogen-bond acceptors (Lipinski definition) is 3. The third-order valence-corrected chi connectivity index (χ3v) is 3.64. The molecule has 0 aliphatic carbocycles. The van der Waals surface area contributed by atoms with Crippen molar-refractivity contribution in [1.29, 1.82) is 0 Å². The molecule has 20 heavy (non-hydrogen) atoms. The van der Waals surface area contributed by atoms with Crippen molar-refractivity contribution >= 4 is 17.3 Å². The minimum atomic E-state index is 0.430. The van der Waals surface area contributed by atoms with Crippen molar-refractivity contribution in [2.75, 3.05) is 12.4 Å². The molecule has 108 valence electrons. The highest BCUT2D eigenvalue weighted by molar-refractivity contribution is 6.32. The second-order valence-corrected chi connectivity index (χ2v) is 5.15. The lowest BCUT2D eigenvalue weighted by molar-refractivity contribution is 0.415. The minimum Gasteiger partial charge on any atom is -0.495 e. The molecule has 1 aromatic heterocycles. The molecular formula is C15H20ClN3O.